The van der Waals surface area contributed by atoms with E-state index in [4.69, 9.17) is 4.74 Å². The number of carbonyl (C=O) groups excluding carboxylic acids is 2. The first-order valence-corrected chi connectivity index (χ1v) is 6.25. The highest BCUT2D eigenvalue weighted by Gasteiger charge is 2.30. The Morgan fingerprint density at radius 2 is 1.95 bits per heavy atom. The first-order chi connectivity index (χ1) is 10.0. The fraction of sp³-hybridized carbons (Fsp3) is 0.385. The Hall–Kier alpha value is -2.16. The predicted molar refractivity (Wildman–Crippen MR) is 72.0 cm³/mol. The maximum absolute atomic E-state index is 12.1. The van der Waals surface area contributed by atoms with E-state index in [0.29, 0.717) is 11.4 Å². The third-order valence-corrected chi connectivity index (χ3v) is 3.16. The lowest BCUT2D eigenvalue weighted by Crippen LogP contribution is -2.57. The van der Waals surface area contributed by atoms with Crippen molar-refractivity contribution in [3.8, 4) is 5.75 Å². The fourth-order valence-corrected chi connectivity index (χ4v) is 1.81. The molecule has 0 radical (unpaired) electrons. The van der Waals surface area contributed by atoms with E-state index in [9.17, 15) is 24.9 Å². The molecule has 0 spiro atoms. The third-order valence-electron chi connectivity index (χ3n) is 3.16. The number of anilines is 1. The number of carbonyl (C=O) groups is 2. The zero-order valence-corrected chi connectivity index (χ0v) is 11.1. The van der Waals surface area contributed by atoms with E-state index >= 15 is 0 Å². The van der Waals surface area contributed by atoms with Crippen LogP contribution in [0.1, 0.15) is 10.4 Å². The van der Waals surface area contributed by atoms with E-state index in [0.717, 1.165) is 0 Å². The van der Waals surface area contributed by atoms with Gasteiger partial charge in [-0.15, -0.1) is 0 Å². The average molecular weight is 296 g/mol. The minimum Gasteiger partial charge on any atom is -0.482 e. The molecule has 114 valence electrons. The van der Waals surface area contributed by atoms with Gasteiger partial charge in [0.25, 0.3) is 11.8 Å². The fourth-order valence-electron chi connectivity index (χ4n) is 1.81. The Morgan fingerprint density at radius 3 is 2.57 bits per heavy atom. The molecular formula is C13H16N2O6. The van der Waals surface area contributed by atoms with Crippen LogP contribution in [0.4, 0.5) is 5.69 Å². The Balaban J connectivity index is 2.20. The highest BCUT2D eigenvalue weighted by atomic mass is 16.5. The smallest absolute Gasteiger partial charge is 0.262 e. The maximum atomic E-state index is 12.1. The Kier molecular flexibility index (Phi) is 4.41. The molecule has 8 heteroatoms. The molecule has 1 aromatic rings. The summed E-state index contributed by atoms with van der Waals surface area (Å²) in [4.78, 5) is 23.3. The van der Waals surface area contributed by atoms with Crippen molar-refractivity contribution < 1.29 is 29.6 Å². The van der Waals surface area contributed by atoms with Crippen LogP contribution in [0.2, 0.25) is 0 Å². The van der Waals surface area contributed by atoms with Gasteiger partial charge < -0.3 is 30.7 Å². The van der Waals surface area contributed by atoms with Gasteiger partial charge in [0.2, 0.25) is 0 Å². The number of hydrogen-bond acceptors (Lipinski definition) is 6. The highest BCUT2D eigenvalue weighted by Crippen LogP contribution is 2.28. The summed E-state index contributed by atoms with van der Waals surface area (Å²) in [5.74, 6) is -0.478. The third kappa shape index (κ3) is 3.13. The van der Waals surface area contributed by atoms with Gasteiger partial charge in [-0.2, -0.15) is 0 Å². The lowest BCUT2D eigenvalue weighted by Gasteiger charge is -2.28. The monoisotopic (exact) mass is 296 g/mol. The predicted octanol–water partition coefficient (Wildman–Crippen LogP) is -1.54. The van der Waals surface area contributed by atoms with Crippen molar-refractivity contribution in [2.24, 2.45) is 0 Å². The second-order valence-electron chi connectivity index (χ2n) is 4.76. The van der Waals surface area contributed by atoms with E-state index in [1.807, 2.05) is 0 Å². The number of hydrogen-bond donors (Lipinski definition) is 5. The van der Waals surface area contributed by atoms with Gasteiger partial charge in [0.1, 0.15) is 11.3 Å². The first-order valence-electron chi connectivity index (χ1n) is 6.25. The summed E-state index contributed by atoms with van der Waals surface area (Å²) in [6, 6.07) is 4.42. The highest BCUT2D eigenvalue weighted by molar-refractivity contribution is 6.00. The summed E-state index contributed by atoms with van der Waals surface area (Å²) in [5.41, 5.74) is -0.951. The molecule has 0 aliphatic carbocycles. The molecule has 0 atom stereocenters. The van der Waals surface area contributed by atoms with Crippen molar-refractivity contribution in [2.75, 3.05) is 31.7 Å². The summed E-state index contributed by atoms with van der Waals surface area (Å²) in [6.45, 7) is -1.93. The SMILES string of the molecule is O=C1COc2ccc(C(=O)NC(CO)(CO)CO)cc2N1. The van der Waals surface area contributed by atoms with Crippen LogP contribution in [0.3, 0.4) is 0 Å². The standard InChI is InChI=1S/C13H16N2O6/c16-5-13(6-17,7-18)15-12(20)8-1-2-10-9(3-8)14-11(19)4-21-10/h1-3,16-18H,4-7H2,(H,14,19)(H,15,20). The summed E-state index contributed by atoms with van der Waals surface area (Å²) in [5, 5.41) is 32.5. The van der Waals surface area contributed by atoms with Crippen molar-refractivity contribution in [3.05, 3.63) is 23.8 Å². The van der Waals surface area contributed by atoms with Crippen LogP contribution in [0, 0.1) is 0 Å². The van der Waals surface area contributed by atoms with Crippen molar-refractivity contribution in [3.63, 3.8) is 0 Å². The van der Waals surface area contributed by atoms with Crippen LogP contribution in [0.25, 0.3) is 0 Å². The molecule has 1 aliphatic rings. The zero-order chi connectivity index (χ0) is 15.5. The van der Waals surface area contributed by atoms with Gasteiger partial charge in [-0.3, -0.25) is 9.59 Å². The van der Waals surface area contributed by atoms with Gasteiger partial charge in [0, 0.05) is 5.56 Å². The summed E-state index contributed by atoms with van der Waals surface area (Å²) in [6.07, 6.45) is 0. The van der Waals surface area contributed by atoms with Crippen LogP contribution >= 0.6 is 0 Å². The Morgan fingerprint density at radius 1 is 1.29 bits per heavy atom. The quantitative estimate of drug-likeness (QED) is 0.448. The molecule has 1 aromatic carbocycles. The van der Waals surface area contributed by atoms with Crippen molar-refractivity contribution in [1.29, 1.82) is 0 Å². The van der Waals surface area contributed by atoms with Crippen molar-refractivity contribution in [1.82, 2.24) is 5.32 Å². The van der Waals surface area contributed by atoms with Gasteiger partial charge in [-0.25, -0.2) is 0 Å². The number of amides is 2. The first kappa shape index (κ1) is 15.2. The maximum Gasteiger partial charge on any atom is 0.262 e. The Bertz CT molecular complexity index is 547. The van der Waals surface area contributed by atoms with Gasteiger partial charge in [-0.1, -0.05) is 0 Å². The number of aliphatic hydroxyl groups is 3. The lowest BCUT2D eigenvalue weighted by atomic mass is 10.0. The Labute approximate surface area is 120 Å². The molecule has 0 saturated carbocycles. The lowest BCUT2D eigenvalue weighted by molar-refractivity contribution is -0.118. The topological polar surface area (TPSA) is 128 Å². The summed E-state index contributed by atoms with van der Waals surface area (Å²) in [7, 11) is 0. The molecule has 2 rings (SSSR count). The van der Waals surface area contributed by atoms with E-state index in [-0.39, 0.29) is 18.1 Å². The number of rotatable bonds is 5. The zero-order valence-electron chi connectivity index (χ0n) is 11.1. The van der Waals surface area contributed by atoms with Gasteiger partial charge in [0.15, 0.2) is 6.61 Å². The molecule has 0 bridgehead atoms. The number of nitrogens with one attached hydrogen (secondary N) is 2. The molecule has 0 unspecified atom stereocenters. The average Bonchev–Trinajstić information content (AvgIpc) is 2.51. The van der Waals surface area contributed by atoms with Crippen LogP contribution in [-0.2, 0) is 4.79 Å². The second kappa shape index (κ2) is 6.08. The second-order valence-corrected chi connectivity index (χ2v) is 4.76. The molecule has 21 heavy (non-hydrogen) atoms. The molecule has 0 fully saturated rings. The number of benzene rings is 1. The minimum absolute atomic E-state index is 0.0822. The molecular weight excluding hydrogens is 280 g/mol. The largest absolute Gasteiger partial charge is 0.482 e. The molecule has 0 aromatic heterocycles. The van der Waals surface area contributed by atoms with Gasteiger partial charge >= 0.3 is 0 Å². The minimum atomic E-state index is -1.51. The summed E-state index contributed by atoms with van der Waals surface area (Å²) < 4.78 is 5.17. The molecule has 8 nitrogen and oxygen atoms in total. The normalized spacial score (nSPS) is 14.0. The van der Waals surface area contributed by atoms with E-state index in [2.05, 4.69) is 10.6 Å². The van der Waals surface area contributed by atoms with E-state index < -0.39 is 31.3 Å². The van der Waals surface area contributed by atoms with Crippen molar-refractivity contribution in [2.45, 2.75) is 5.54 Å². The molecule has 0 saturated heterocycles. The number of aliphatic hydroxyl groups excluding tert-OH is 3. The van der Waals surface area contributed by atoms with Gasteiger partial charge in [0.05, 0.1) is 25.5 Å². The van der Waals surface area contributed by atoms with Crippen molar-refractivity contribution >= 4 is 17.5 Å². The van der Waals surface area contributed by atoms with Crippen LogP contribution in [-0.4, -0.2) is 59.1 Å². The number of ether oxygens (including phenoxy) is 1. The molecule has 2 amide bonds. The van der Waals surface area contributed by atoms with Crippen LogP contribution in [0.5, 0.6) is 5.75 Å². The van der Waals surface area contributed by atoms with E-state index in [1.54, 1.807) is 0 Å². The van der Waals surface area contributed by atoms with E-state index in [1.165, 1.54) is 18.2 Å². The molecule has 5 N–H and O–H groups in total. The van der Waals surface area contributed by atoms with Gasteiger partial charge in [-0.05, 0) is 18.2 Å². The number of fused-ring (bicyclic) bond motifs is 1. The molecule has 1 heterocycles. The summed E-state index contributed by atoms with van der Waals surface area (Å²) >= 11 is 0. The molecule has 1 aliphatic heterocycles. The van der Waals surface area contributed by atoms with Crippen LogP contribution in [0.15, 0.2) is 18.2 Å². The van der Waals surface area contributed by atoms with Crippen LogP contribution < -0.4 is 15.4 Å².